The number of hydrazine groups is 1. The summed E-state index contributed by atoms with van der Waals surface area (Å²) in [6.45, 7) is 0.985. The fourth-order valence-electron chi connectivity index (χ4n) is 4.97. The number of aliphatic hydroxyl groups excluding tert-OH is 1. The van der Waals surface area contributed by atoms with Crippen molar-refractivity contribution in [1.82, 2.24) is 10.9 Å². The van der Waals surface area contributed by atoms with E-state index in [0.717, 1.165) is 22.3 Å². The van der Waals surface area contributed by atoms with Gasteiger partial charge in [-0.05, 0) is 53.4 Å². The van der Waals surface area contributed by atoms with Crippen molar-refractivity contribution >= 4 is 23.4 Å². The molecule has 0 radical (unpaired) electrons. The number of hydrogen-bond acceptors (Lipinski definition) is 6. The van der Waals surface area contributed by atoms with Gasteiger partial charge in [0.1, 0.15) is 5.75 Å². The molecule has 216 valence electrons. The number of benzene rings is 4. The molecule has 4 aromatic carbocycles. The predicted octanol–water partition coefficient (Wildman–Crippen LogP) is 5.46. The van der Waals surface area contributed by atoms with Crippen LogP contribution in [0, 0.1) is 0 Å². The molecule has 1 amide bonds. The van der Waals surface area contributed by atoms with Gasteiger partial charge in [-0.15, -0.1) is 0 Å². The van der Waals surface area contributed by atoms with Gasteiger partial charge < -0.3 is 14.6 Å². The fourth-order valence-corrected chi connectivity index (χ4v) is 5.20. The molecule has 4 aromatic rings. The van der Waals surface area contributed by atoms with Gasteiger partial charge in [-0.1, -0.05) is 90.5 Å². The number of nitrogens with one attached hydrogen (secondary N) is 2. The Kier molecular flexibility index (Phi) is 9.87. The van der Waals surface area contributed by atoms with Crippen LogP contribution in [0.25, 0.3) is 0 Å². The first-order valence-electron chi connectivity index (χ1n) is 14.1. The first-order valence-corrected chi connectivity index (χ1v) is 14.4. The molecule has 0 bridgehead atoms. The normalized spacial score (nSPS) is 17.8. The lowest BCUT2D eigenvalue weighted by atomic mass is 9.82. The van der Waals surface area contributed by atoms with E-state index in [0.29, 0.717) is 49.1 Å². The fraction of sp³-hybridized carbons (Fsp3) is 0.235. The minimum atomic E-state index is -1.29. The van der Waals surface area contributed by atoms with Crippen LogP contribution >= 0.6 is 11.6 Å². The van der Waals surface area contributed by atoms with E-state index in [1.807, 2.05) is 109 Å². The van der Waals surface area contributed by atoms with E-state index in [-0.39, 0.29) is 12.5 Å². The second-order valence-electron chi connectivity index (χ2n) is 10.1. The van der Waals surface area contributed by atoms with E-state index in [1.165, 1.54) is 0 Å². The Balaban J connectivity index is 1.44. The second-order valence-corrected chi connectivity index (χ2v) is 10.5. The van der Waals surface area contributed by atoms with E-state index < -0.39 is 11.6 Å². The quantitative estimate of drug-likeness (QED) is 0.143. The van der Waals surface area contributed by atoms with Gasteiger partial charge in [-0.3, -0.25) is 10.2 Å². The Labute approximate surface area is 251 Å². The number of amides is 1. The highest BCUT2D eigenvalue weighted by atomic mass is 35.5. The molecule has 0 saturated carbocycles. The number of nitrogens with zero attached hydrogens (tertiary/aromatic N) is 1. The minimum Gasteiger partial charge on any atom is -0.494 e. The maximum Gasteiger partial charge on any atom is 0.266 e. The van der Waals surface area contributed by atoms with Crippen LogP contribution in [0.15, 0.2) is 114 Å². The number of carbonyl (C=O) groups is 1. The monoisotopic (exact) mass is 583 g/mol. The SMILES string of the molecule is O=C(NNCCc1ccccc1Cl)[C@@]1(Cc2ccccc2)N=C(c2ccc(OCCCO)cc2)O[C@H]1c1ccccc1. The Morgan fingerprint density at radius 3 is 2.33 bits per heavy atom. The van der Waals surface area contributed by atoms with Gasteiger partial charge in [0, 0.05) is 36.6 Å². The summed E-state index contributed by atoms with van der Waals surface area (Å²) in [6, 6.07) is 34.6. The molecule has 1 aliphatic heterocycles. The summed E-state index contributed by atoms with van der Waals surface area (Å²) >= 11 is 6.32. The van der Waals surface area contributed by atoms with Crippen LogP contribution in [-0.4, -0.2) is 42.2 Å². The standard InChI is InChI=1S/C34H34ClN3O4/c35-30-15-8-7-12-26(30)20-21-36-38-33(40)34(24-25-10-3-1-4-11-25)31(27-13-5-2-6-14-27)42-32(37-34)28-16-18-29(19-17-28)41-23-9-22-39/h1-8,10-19,31,36,39H,9,20-24H2,(H,38,40)/t31-,34-/m0/s1. The van der Waals surface area contributed by atoms with Crippen LogP contribution in [0.1, 0.15) is 34.8 Å². The molecule has 5 rings (SSSR count). The van der Waals surface area contributed by atoms with Crippen molar-refractivity contribution in [1.29, 1.82) is 0 Å². The molecule has 0 unspecified atom stereocenters. The third-order valence-corrected chi connectivity index (χ3v) is 7.50. The smallest absolute Gasteiger partial charge is 0.266 e. The van der Waals surface area contributed by atoms with E-state index in [2.05, 4.69) is 10.9 Å². The lowest BCUT2D eigenvalue weighted by Crippen LogP contribution is -2.54. The molecule has 0 aliphatic carbocycles. The number of aliphatic imine (C=N–C) groups is 1. The van der Waals surface area contributed by atoms with Gasteiger partial charge in [0.05, 0.1) is 6.61 Å². The Morgan fingerprint density at radius 2 is 1.62 bits per heavy atom. The summed E-state index contributed by atoms with van der Waals surface area (Å²) in [6.07, 6.45) is 0.864. The zero-order valence-electron chi connectivity index (χ0n) is 23.2. The first-order chi connectivity index (χ1) is 20.6. The number of rotatable bonds is 13. The van der Waals surface area contributed by atoms with Gasteiger partial charge in [0.15, 0.2) is 11.6 Å². The van der Waals surface area contributed by atoms with E-state index in [9.17, 15) is 4.79 Å². The molecule has 1 heterocycles. The third kappa shape index (κ3) is 6.99. The summed E-state index contributed by atoms with van der Waals surface area (Å²) in [4.78, 5) is 19.2. The molecule has 2 atom stereocenters. The zero-order chi connectivity index (χ0) is 29.2. The van der Waals surface area contributed by atoms with Crippen LogP contribution in [0.4, 0.5) is 0 Å². The van der Waals surface area contributed by atoms with E-state index in [4.69, 9.17) is 31.2 Å². The molecule has 0 saturated heterocycles. The Bertz CT molecular complexity index is 1480. The molecule has 3 N–H and O–H groups in total. The van der Waals surface area contributed by atoms with Crippen molar-refractivity contribution in [3.63, 3.8) is 0 Å². The maximum absolute atomic E-state index is 14.2. The highest BCUT2D eigenvalue weighted by molar-refractivity contribution is 6.31. The number of ether oxygens (including phenoxy) is 2. The summed E-state index contributed by atoms with van der Waals surface area (Å²) in [5, 5.41) is 9.72. The maximum atomic E-state index is 14.2. The highest BCUT2D eigenvalue weighted by Crippen LogP contribution is 2.42. The van der Waals surface area contributed by atoms with Crippen LogP contribution in [0.2, 0.25) is 5.02 Å². The highest BCUT2D eigenvalue weighted by Gasteiger charge is 2.53. The van der Waals surface area contributed by atoms with E-state index >= 15 is 0 Å². The second kappa shape index (κ2) is 14.1. The van der Waals surface area contributed by atoms with Crippen LogP contribution in [0.3, 0.4) is 0 Å². The van der Waals surface area contributed by atoms with Crippen LogP contribution in [-0.2, 0) is 22.4 Å². The first kappa shape index (κ1) is 29.3. The molecule has 0 spiro atoms. The van der Waals surface area contributed by atoms with Gasteiger partial charge in [-0.25, -0.2) is 10.4 Å². The van der Waals surface area contributed by atoms with Gasteiger partial charge in [-0.2, -0.15) is 0 Å². The lowest BCUT2D eigenvalue weighted by Gasteiger charge is -2.31. The van der Waals surface area contributed by atoms with Crippen LogP contribution in [0.5, 0.6) is 5.75 Å². The molecular weight excluding hydrogens is 550 g/mol. The number of carbonyl (C=O) groups excluding carboxylic acids is 1. The van der Waals surface area contributed by atoms with Gasteiger partial charge in [0.25, 0.3) is 5.91 Å². The van der Waals surface area contributed by atoms with Crippen LogP contribution < -0.4 is 15.6 Å². The predicted molar refractivity (Wildman–Crippen MR) is 165 cm³/mol. The summed E-state index contributed by atoms with van der Waals surface area (Å²) in [5.41, 5.74) is 8.27. The summed E-state index contributed by atoms with van der Waals surface area (Å²) < 4.78 is 12.2. The Morgan fingerprint density at radius 1 is 0.929 bits per heavy atom. The third-order valence-electron chi connectivity index (χ3n) is 7.13. The van der Waals surface area contributed by atoms with Gasteiger partial charge in [0.2, 0.25) is 5.90 Å². The molecule has 7 nitrogen and oxygen atoms in total. The number of halogens is 1. The summed E-state index contributed by atoms with van der Waals surface area (Å²) in [5.74, 6) is 0.771. The number of aliphatic hydroxyl groups is 1. The average Bonchev–Trinajstić information content (AvgIpc) is 3.42. The average molecular weight is 584 g/mol. The molecule has 0 aromatic heterocycles. The van der Waals surface area contributed by atoms with Gasteiger partial charge >= 0.3 is 0 Å². The van der Waals surface area contributed by atoms with Crippen molar-refractivity contribution in [2.45, 2.75) is 30.9 Å². The van der Waals surface area contributed by atoms with E-state index in [1.54, 1.807) is 0 Å². The molecule has 8 heteroatoms. The van der Waals surface area contributed by atoms with Crippen molar-refractivity contribution in [3.05, 3.63) is 136 Å². The topological polar surface area (TPSA) is 92.2 Å². The molecule has 1 aliphatic rings. The van der Waals surface area contributed by atoms with Crippen molar-refractivity contribution in [2.75, 3.05) is 19.8 Å². The largest absolute Gasteiger partial charge is 0.494 e. The number of hydrogen-bond donors (Lipinski definition) is 3. The van der Waals surface area contributed by atoms with Crippen molar-refractivity contribution < 1.29 is 19.4 Å². The molecular formula is C34H34ClN3O4. The lowest BCUT2D eigenvalue weighted by molar-refractivity contribution is -0.130. The van der Waals surface area contributed by atoms with Crippen molar-refractivity contribution in [2.24, 2.45) is 4.99 Å². The zero-order valence-corrected chi connectivity index (χ0v) is 24.0. The molecule has 42 heavy (non-hydrogen) atoms. The Hall–Kier alpha value is -4.17. The van der Waals surface area contributed by atoms with Crippen molar-refractivity contribution in [3.8, 4) is 5.75 Å². The molecule has 0 fully saturated rings. The minimum absolute atomic E-state index is 0.0734. The summed E-state index contributed by atoms with van der Waals surface area (Å²) in [7, 11) is 0.